The lowest BCUT2D eigenvalue weighted by atomic mass is 10.0. The predicted molar refractivity (Wildman–Crippen MR) is 184 cm³/mol. The molecule has 1 aromatic heterocycles. The average molecular weight is 566 g/mol. The first-order chi connectivity index (χ1) is 21.8. The molecule has 44 heavy (non-hydrogen) atoms. The van der Waals surface area contributed by atoms with E-state index in [1.807, 2.05) is 30.5 Å². The fraction of sp³-hybridized carbons (Fsp3) is 0. The highest BCUT2D eigenvalue weighted by atomic mass is 15.1. The van der Waals surface area contributed by atoms with E-state index in [9.17, 15) is 0 Å². The fourth-order valence-corrected chi connectivity index (χ4v) is 5.55. The van der Waals surface area contributed by atoms with Crippen molar-refractivity contribution >= 4 is 34.1 Å². The van der Waals surface area contributed by atoms with Gasteiger partial charge in [0.1, 0.15) is 0 Å². The van der Waals surface area contributed by atoms with Gasteiger partial charge >= 0.3 is 0 Å². The minimum atomic E-state index is 0.944. The van der Waals surface area contributed by atoms with Gasteiger partial charge in [0, 0.05) is 45.9 Å². The van der Waals surface area contributed by atoms with Gasteiger partial charge in [-0.2, -0.15) is 0 Å². The van der Waals surface area contributed by atoms with E-state index in [0.717, 1.165) is 56.5 Å². The third kappa shape index (κ3) is 5.72. The molecule has 0 spiro atoms. The van der Waals surface area contributed by atoms with Gasteiger partial charge in [0.05, 0.1) is 5.69 Å². The first kappa shape index (κ1) is 26.9. The van der Waals surface area contributed by atoms with Crippen molar-refractivity contribution in [1.29, 1.82) is 0 Å². The normalized spacial score (nSPS) is 10.7. The first-order valence-electron chi connectivity index (χ1n) is 14.8. The molecular formula is C41H31N3. The van der Waals surface area contributed by atoms with Gasteiger partial charge in [-0.15, -0.1) is 0 Å². The number of benzene rings is 6. The quantitative estimate of drug-likeness (QED) is 0.183. The van der Waals surface area contributed by atoms with Crippen LogP contribution in [0, 0.1) is 0 Å². The second kappa shape index (κ2) is 12.5. The second-order valence-electron chi connectivity index (χ2n) is 10.5. The second-order valence-corrected chi connectivity index (χ2v) is 10.5. The van der Waals surface area contributed by atoms with E-state index in [1.165, 1.54) is 0 Å². The van der Waals surface area contributed by atoms with Gasteiger partial charge in [-0.1, -0.05) is 97.1 Å². The van der Waals surface area contributed by atoms with E-state index in [2.05, 4.69) is 168 Å². The molecule has 7 aromatic rings. The van der Waals surface area contributed by atoms with Crippen molar-refractivity contribution in [2.45, 2.75) is 0 Å². The number of pyridine rings is 1. The molecule has 0 N–H and O–H groups in total. The third-order valence-corrected chi connectivity index (χ3v) is 7.70. The Labute approximate surface area is 259 Å². The van der Waals surface area contributed by atoms with Crippen molar-refractivity contribution in [3.8, 4) is 22.4 Å². The molecule has 0 unspecified atom stereocenters. The molecule has 0 fully saturated rings. The summed E-state index contributed by atoms with van der Waals surface area (Å²) in [5.41, 5.74) is 11.0. The van der Waals surface area contributed by atoms with Gasteiger partial charge in [0.25, 0.3) is 0 Å². The monoisotopic (exact) mass is 565 g/mol. The van der Waals surface area contributed by atoms with Crippen LogP contribution in [-0.4, -0.2) is 4.98 Å². The third-order valence-electron chi connectivity index (χ3n) is 7.70. The highest BCUT2D eigenvalue weighted by Crippen LogP contribution is 2.37. The zero-order valence-electron chi connectivity index (χ0n) is 24.2. The van der Waals surface area contributed by atoms with Crippen molar-refractivity contribution in [2.75, 3.05) is 9.80 Å². The van der Waals surface area contributed by atoms with Crippen molar-refractivity contribution < 1.29 is 0 Å². The Morgan fingerprint density at radius 3 is 1.02 bits per heavy atom. The molecule has 210 valence electrons. The maximum absolute atomic E-state index is 4.73. The van der Waals surface area contributed by atoms with Crippen LogP contribution < -0.4 is 9.80 Å². The van der Waals surface area contributed by atoms with Crippen LogP contribution in [0.3, 0.4) is 0 Å². The van der Waals surface area contributed by atoms with Crippen molar-refractivity contribution in [3.63, 3.8) is 0 Å². The average Bonchev–Trinajstić information content (AvgIpc) is 3.11. The number of anilines is 6. The van der Waals surface area contributed by atoms with Crippen LogP contribution in [-0.2, 0) is 0 Å². The van der Waals surface area contributed by atoms with Gasteiger partial charge in [-0.25, -0.2) is 0 Å². The molecule has 0 atom stereocenters. The summed E-state index contributed by atoms with van der Waals surface area (Å²) in [4.78, 5) is 9.27. The van der Waals surface area contributed by atoms with Gasteiger partial charge in [0.15, 0.2) is 0 Å². The van der Waals surface area contributed by atoms with Crippen LogP contribution in [0.5, 0.6) is 0 Å². The molecule has 0 amide bonds. The number of rotatable bonds is 8. The van der Waals surface area contributed by atoms with Crippen LogP contribution in [0.1, 0.15) is 0 Å². The molecule has 6 aromatic carbocycles. The summed E-state index contributed by atoms with van der Waals surface area (Å²) in [5.74, 6) is 0. The Bertz CT molecular complexity index is 1700. The van der Waals surface area contributed by atoms with Gasteiger partial charge in [-0.05, 0) is 96.1 Å². The highest BCUT2D eigenvalue weighted by molar-refractivity contribution is 5.80. The van der Waals surface area contributed by atoms with Crippen molar-refractivity contribution in [1.82, 2.24) is 4.98 Å². The lowest BCUT2D eigenvalue weighted by molar-refractivity contribution is 1.28. The molecule has 0 radical (unpaired) electrons. The summed E-state index contributed by atoms with van der Waals surface area (Å²) >= 11 is 0. The van der Waals surface area contributed by atoms with E-state index < -0.39 is 0 Å². The SMILES string of the molecule is c1ccc(N(c2ccccc2)c2ccc(-c3ccnc(-c4ccc(N(c5ccccc5)c5ccccc5)cc4)c3)cc2)cc1. The Hall–Kier alpha value is -5.93. The molecule has 0 saturated carbocycles. The van der Waals surface area contributed by atoms with Gasteiger partial charge in [-0.3, -0.25) is 4.98 Å². The highest BCUT2D eigenvalue weighted by Gasteiger charge is 2.14. The largest absolute Gasteiger partial charge is 0.311 e. The summed E-state index contributed by atoms with van der Waals surface area (Å²) in [6.45, 7) is 0. The predicted octanol–water partition coefficient (Wildman–Crippen LogP) is 11.4. The molecular weight excluding hydrogens is 534 g/mol. The molecule has 7 rings (SSSR count). The van der Waals surface area contributed by atoms with E-state index >= 15 is 0 Å². The maximum atomic E-state index is 4.73. The van der Waals surface area contributed by atoms with E-state index in [1.54, 1.807) is 0 Å². The minimum absolute atomic E-state index is 0.944. The molecule has 3 nitrogen and oxygen atoms in total. The number of para-hydroxylation sites is 4. The fourth-order valence-electron chi connectivity index (χ4n) is 5.55. The summed E-state index contributed by atoms with van der Waals surface area (Å²) in [6, 6.07) is 63.5. The Morgan fingerprint density at radius 1 is 0.295 bits per heavy atom. The molecule has 0 bridgehead atoms. The van der Waals surface area contributed by atoms with E-state index in [-0.39, 0.29) is 0 Å². The number of hydrogen-bond donors (Lipinski definition) is 0. The maximum Gasteiger partial charge on any atom is 0.0708 e. The first-order valence-corrected chi connectivity index (χ1v) is 14.8. The molecule has 0 aliphatic carbocycles. The zero-order chi connectivity index (χ0) is 29.6. The molecule has 0 saturated heterocycles. The molecule has 0 aliphatic heterocycles. The summed E-state index contributed by atoms with van der Waals surface area (Å²) in [5, 5.41) is 0. The zero-order valence-corrected chi connectivity index (χ0v) is 24.2. The number of aromatic nitrogens is 1. The summed E-state index contributed by atoms with van der Waals surface area (Å²) in [6.07, 6.45) is 1.90. The standard InChI is InChI=1S/C41H31N3/c1-5-13-35(14-6-1)43(36-15-7-2-8-16-36)39-25-21-32(22-26-39)34-29-30-42-41(31-34)33-23-27-40(28-24-33)44(37-17-9-3-10-18-37)38-19-11-4-12-20-38/h1-31H. The van der Waals surface area contributed by atoms with Crippen molar-refractivity contribution in [3.05, 3.63) is 188 Å². The van der Waals surface area contributed by atoms with Crippen LogP contribution in [0.4, 0.5) is 34.1 Å². The van der Waals surface area contributed by atoms with Crippen LogP contribution in [0.15, 0.2) is 188 Å². The Balaban J connectivity index is 1.17. The number of nitrogens with zero attached hydrogens (tertiary/aromatic N) is 3. The van der Waals surface area contributed by atoms with Gasteiger partial charge in [0.2, 0.25) is 0 Å². The van der Waals surface area contributed by atoms with E-state index in [0.29, 0.717) is 0 Å². The van der Waals surface area contributed by atoms with Crippen LogP contribution in [0.2, 0.25) is 0 Å². The summed E-state index contributed by atoms with van der Waals surface area (Å²) < 4.78 is 0. The molecule has 0 aliphatic rings. The van der Waals surface area contributed by atoms with E-state index in [4.69, 9.17) is 4.98 Å². The Kier molecular flexibility index (Phi) is 7.66. The smallest absolute Gasteiger partial charge is 0.0708 e. The molecule has 3 heteroatoms. The lowest BCUT2D eigenvalue weighted by Crippen LogP contribution is -2.09. The number of hydrogen-bond acceptors (Lipinski definition) is 3. The van der Waals surface area contributed by atoms with Crippen LogP contribution in [0.25, 0.3) is 22.4 Å². The van der Waals surface area contributed by atoms with Crippen LogP contribution >= 0.6 is 0 Å². The lowest BCUT2D eigenvalue weighted by Gasteiger charge is -2.25. The minimum Gasteiger partial charge on any atom is -0.311 e. The molecule has 1 heterocycles. The van der Waals surface area contributed by atoms with Gasteiger partial charge < -0.3 is 9.80 Å². The topological polar surface area (TPSA) is 19.4 Å². The van der Waals surface area contributed by atoms with Crippen molar-refractivity contribution in [2.24, 2.45) is 0 Å². The Morgan fingerprint density at radius 2 is 0.636 bits per heavy atom. The summed E-state index contributed by atoms with van der Waals surface area (Å²) in [7, 11) is 0.